The number of sulfone groups is 1. The third-order valence-electron chi connectivity index (χ3n) is 4.96. The number of nitrogens with zero attached hydrogens (tertiary/aromatic N) is 5. The molecule has 1 amide bonds. The smallest absolute Gasteiger partial charge is 0.324 e. The number of rotatable bonds is 5. The minimum absolute atomic E-state index is 0.00286. The lowest BCUT2D eigenvalue weighted by Crippen LogP contribution is -2.35. The van der Waals surface area contributed by atoms with Gasteiger partial charge in [0.05, 0.1) is 39.8 Å². The van der Waals surface area contributed by atoms with Crippen molar-refractivity contribution in [3.05, 3.63) is 30.2 Å². The van der Waals surface area contributed by atoms with E-state index in [9.17, 15) is 26.4 Å². The Labute approximate surface area is 183 Å². The highest BCUT2D eigenvalue weighted by Gasteiger charge is 2.33. The van der Waals surface area contributed by atoms with E-state index in [4.69, 9.17) is 0 Å². The van der Waals surface area contributed by atoms with Gasteiger partial charge in [-0.1, -0.05) is 6.92 Å². The van der Waals surface area contributed by atoms with Gasteiger partial charge < -0.3 is 9.47 Å². The van der Waals surface area contributed by atoms with Crippen LogP contribution >= 0.6 is 0 Å². The molecule has 3 heterocycles. The quantitative estimate of drug-likeness (QED) is 0.566. The van der Waals surface area contributed by atoms with Crippen molar-refractivity contribution in [2.45, 2.75) is 44.8 Å². The van der Waals surface area contributed by atoms with Crippen LogP contribution in [0.5, 0.6) is 0 Å². The highest BCUT2D eigenvalue weighted by Crippen LogP contribution is 2.33. The van der Waals surface area contributed by atoms with Crippen LogP contribution in [0.25, 0.3) is 22.6 Å². The van der Waals surface area contributed by atoms with Crippen LogP contribution in [0, 0.1) is 0 Å². The molecule has 12 heteroatoms. The number of hydrogen-bond donors (Lipinski definition) is 0. The fraction of sp³-hybridized carbons (Fsp3) is 0.400. The summed E-state index contributed by atoms with van der Waals surface area (Å²) in [5.74, 6) is -0.460. The molecule has 0 saturated heterocycles. The first-order valence-corrected chi connectivity index (χ1v) is 11.4. The number of hydrogen-bond acceptors (Lipinski definition) is 6. The zero-order valence-corrected chi connectivity index (χ0v) is 18.9. The lowest BCUT2D eigenvalue weighted by molar-refractivity contribution is -0.141. The first kappa shape index (κ1) is 23.6. The second kappa shape index (κ2) is 8.15. The van der Waals surface area contributed by atoms with Gasteiger partial charge in [-0.3, -0.25) is 4.79 Å². The normalized spacial score (nSPS) is 12.5. The van der Waals surface area contributed by atoms with Gasteiger partial charge in [0.15, 0.2) is 15.7 Å². The van der Waals surface area contributed by atoms with E-state index in [1.165, 1.54) is 42.6 Å². The molecule has 0 unspecified atom stereocenters. The second-order valence-corrected chi connectivity index (χ2v) is 9.72. The lowest BCUT2D eigenvalue weighted by atomic mass is 10.2. The van der Waals surface area contributed by atoms with Crippen LogP contribution in [0.2, 0.25) is 0 Å². The van der Waals surface area contributed by atoms with Gasteiger partial charge in [-0.2, -0.15) is 13.2 Å². The van der Waals surface area contributed by atoms with Crippen molar-refractivity contribution in [1.82, 2.24) is 19.5 Å². The molecule has 0 saturated carbocycles. The van der Waals surface area contributed by atoms with Gasteiger partial charge >= 0.3 is 6.18 Å². The largest absolute Gasteiger partial charge is 0.433 e. The summed E-state index contributed by atoms with van der Waals surface area (Å²) in [6, 6.07) is 1.90. The average molecular weight is 469 g/mol. The molecular weight excluding hydrogens is 447 g/mol. The number of carbonyl (C=O) groups excluding carboxylic acids is 1. The standard InChI is InChI=1S/C20H22F3N5O3S/c1-6-32(30,31)16-7-13(28(11(2)3)12(4)29)9-25-18(16)19-26-14-8-17(20(21,22)23)24-10-15(14)27(19)5/h7-11H,6H2,1-5H3. The minimum Gasteiger partial charge on any atom is -0.324 e. The number of halogens is 3. The van der Waals surface area contributed by atoms with E-state index in [1.54, 1.807) is 13.8 Å². The molecule has 0 fully saturated rings. The van der Waals surface area contributed by atoms with Crippen molar-refractivity contribution in [3.8, 4) is 11.5 Å². The Morgan fingerprint density at radius 1 is 1.19 bits per heavy atom. The molecule has 0 atom stereocenters. The summed E-state index contributed by atoms with van der Waals surface area (Å²) in [6.45, 7) is 6.38. The van der Waals surface area contributed by atoms with Crippen LogP contribution in [0.15, 0.2) is 29.4 Å². The number of carbonyl (C=O) groups is 1. The number of aryl methyl sites for hydroxylation is 1. The van der Waals surface area contributed by atoms with Gasteiger partial charge in [-0.05, 0) is 26.0 Å². The van der Waals surface area contributed by atoms with E-state index in [-0.39, 0.29) is 45.1 Å². The van der Waals surface area contributed by atoms with Gasteiger partial charge in [-0.25, -0.2) is 23.4 Å². The Balaban J connectivity index is 2.28. The molecule has 0 bridgehead atoms. The van der Waals surface area contributed by atoms with E-state index in [2.05, 4.69) is 15.0 Å². The summed E-state index contributed by atoms with van der Waals surface area (Å²) < 4.78 is 66.3. The number of aromatic nitrogens is 4. The Hall–Kier alpha value is -3.02. The maximum atomic E-state index is 13.0. The number of alkyl halides is 3. The van der Waals surface area contributed by atoms with Crippen molar-refractivity contribution < 1.29 is 26.4 Å². The van der Waals surface area contributed by atoms with Crippen LogP contribution in [0.1, 0.15) is 33.4 Å². The summed E-state index contributed by atoms with van der Waals surface area (Å²) in [4.78, 5) is 25.3. The molecule has 0 aliphatic rings. The second-order valence-electron chi connectivity index (χ2n) is 7.48. The fourth-order valence-electron chi connectivity index (χ4n) is 3.43. The van der Waals surface area contributed by atoms with Gasteiger partial charge in [-0.15, -0.1) is 0 Å². The molecule has 0 radical (unpaired) electrons. The zero-order chi connectivity index (χ0) is 24.0. The molecule has 0 aromatic carbocycles. The molecule has 3 rings (SSSR count). The number of fused-ring (bicyclic) bond motifs is 1. The Morgan fingerprint density at radius 3 is 2.38 bits per heavy atom. The highest BCUT2D eigenvalue weighted by atomic mass is 32.2. The van der Waals surface area contributed by atoms with Crippen molar-refractivity contribution >= 4 is 32.5 Å². The third kappa shape index (κ3) is 4.18. The average Bonchev–Trinajstić information content (AvgIpc) is 3.02. The summed E-state index contributed by atoms with van der Waals surface area (Å²) in [7, 11) is -2.28. The maximum Gasteiger partial charge on any atom is 0.433 e. The monoisotopic (exact) mass is 469 g/mol. The van der Waals surface area contributed by atoms with Gasteiger partial charge in [0.25, 0.3) is 0 Å². The number of pyridine rings is 2. The molecule has 3 aromatic heterocycles. The van der Waals surface area contributed by atoms with Crippen LogP contribution in [-0.2, 0) is 27.9 Å². The first-order valence-electron chi connectivity index (χ1n) is 9.70. The van der Waals surface area contributed by atoms with Crippen LogP contribution in [-0.4, -0.2) is 45.6 Å². The van der Waals surface area contributed by atoms with Crippen molar-refractivity contribution in [2.24, 2.45) is 7.05 Å². The molecule has 0 spiro atoms. The Morgan fingerprint density at radius 2 is 1.84 bits per heavy atom. The molecule has 0 aliphatic carbocycles. The van der Waals surface area contributed by atoms with Crippen LogP contribution < -0.4 is 4.90 Å². The van der Waals surface area contributed by atoms with Crippen molar-refractivity contribution in [3.63, 3.8) is 0 Å². The summed E-state index contributed by atoms with van der Waals surface area (Å²) in [6.07, 6.45) is -2.26. The Kier molecular flexibility index (Phi) is 6.02. The predicted octanol–water partition coefficient (Wildman–Crippen LogP) is 3.60. The molecule has 3 aromatic rings. The van der Waals surface area contributed by atoms with E-state index in [0.717, 1.165) is 12.3 Å². The number of anilines is 1. The van der Waals surface area contributed by atoms with Crippen molar-refractivity contribution in [1.29, 1.82) is 0 Å². The van der Waals surface area contributed by atoms with E-state index in [1.807, 2.05) is 0 Å². The van der Waals surface area contributed by atoms with Crippen molar-refractivity contribution in [2.75, 3.05) is 10.7 Å². The summed E-state index contributed by atoms with van der Waals surface area (Å²) >= 11 is 0. The predicted molar refractivity (Wildman–Crippen MR) is 113 cm³/mol. The summed E-state index contributed by atoms with van der Waals surface area (Å²) in [5.41, 5.74) is -0.541. The zero-order valence-electron chi connectivity index (χ0n) is 18.1. The Bertz CT molecular complexity index is 1300. The minimum atomic E-state index is -4.64. The van der Waals surface area contributed by atoms with Crippen LogP contribution in [0.3, 0.4) is 0 Å². The van der Waals surface area contributed by atoms with Gasteiger partial charge in [0, 0.05) is 20.0 Å². The first-order chi connectivity index (χ1) is 14.8. The molecule has 172 valence electrons. The highest BCUT2D eigenvalue weighted by molar-refractivity contribution is 7.91. The molecule has 0 aliphatic heterocycles. The third-order valence-corrected chi connectivity index (χ3v) is 6.70. The summed E-state index contributed by atoms with van der Waals surface area (Å²) in [5, 5.41) is 0. The molecule has 32 heavy (non-hydrogen) atoms. The van der Waals surface area contributed by atoms with E-state index < -0.39 is 21.7 Å². The number of imidazole rings is 1. The van der Waals surface area contributed by atoms with Gasteiger partial charge in [0.2, 0.25) is 5.91 Å². The SMILES string of the molecule is CCS(=O)(=O)c1cc(N(C(C)=O)C(C)C)cnc1-c1nc2cc(C(F)(F)F)ncc2n1C. The van der Waals surface area contributed by atoms with Crippen LogP contribution in [0.4, 0.5) is 18.9 Å². The fourth-order valence-corrected chi connectivity index (χ4v) is 4.48. The molecule has 8 nitrogen and oxygen atoms in total. The molecule has 0 N–H and O–H groups in total. The lowest BCUT2D eigenvalue weighted by Gasteiger charge is -2.26. The maximum absolute atomic E-state index is 13.0. The van der Waals surface area contributed by atoms with Gasteiger partial charge in [0.1, 0.15) is 11.4 Å². The van der Waals surface area contributed by atoms with E-state index >= 15 is 0 Å². The number of amides is 1. The molecular formula is C20H22F3N5O3S. The van der Waals surface area contributed by atoms with E-state index in [0.29, 0.717) is 5.69 Å². The topological polar surface area (TPSA) is 98.1 Å².